The maximum Gasteiger partial charge on any atom is 0.327 e. The molecule has 8 nitrogen and oxygen atoms in total. The van der Waals surface area contributed by atoms with Gasteiger partial charge in [-0.1, -0.05) is 29.3 Å². The Morgan fingerprint density at radius 1 is 1.26 bits per heavy atom. The van der Waals surface area contributed by atoms with Crippen LogP contribution in [0.3, 0.4) is 0 Å². The van der Waals surface area contributed by atoms with Gasteiger partial charge in [0.25, 0.3) is 11.8 Å². The second kappa shape index (κ2) is 8.58. The fraction of sp³-hybridized carbons (Fsp3) is 0.412. The number of hydrogen-bond acceptors (Lipinski definition) is 5. The van der Waals surface area contributed by atoms with E-state index in [1.807, 2.05) is 0 Å². The molecule has 27 heavy (non-hydrogen) atoms. The van der Waals surface area contributed by atoms with Crippen molar-refractivity contribution in [1.29, 1.82) is 0 Å². The molecule has 1 aromatic rings. The third kappa shape index (κ3) is 5.11. The molecule has 1 heterocycles. The Morgan fingerprint density at radius 2 is 1.93 bits per heavy atom. The molecule has 0 saturated carbocycles. The van der Waals surface area contributed by atoms with Crippen LogP contribution in [0.2, 0.25) is 10.0 Å². The number of benzene rings is 1. The molecule has 1 aromatic carbocycles. The number of halogens is 2. The SMILES string of the molecule is C[C@H](OC(=O)CN1C(=O)CN(C)C1=O)C(=O)N[C@@H](C)c1ccc(Cl)cc1Cl. The predicted molar refractivity (Wildman–Crippen MR) is 98.3 cm³/mol. The van der Waals surface area contributed by atoms with E-state index in [2.05, 4.69) is 5.32 Å². The van der Waals surface area contributed by atoms with Crippen molar-refractivity contribution in [1.82, 2.24) is 15.1 Å². The van der Waals surface area contributed by atoms with Crippen LogP contribution in [0.5, 0.6) is 0 Å². The summed E-state index contributed by atoms with van der Waals surface area (Å²) in [5.41, 5.74) is 0.657. The average molecular weight is 416 g/mol. The molecule has 0 aromatic heterocycles. The smallest absolute Gasteiger partial charge is 0.327 e. The maximum absolute atomic E-state index is 12.2. The highest BCUT2D eigenvalue weighted by atomic mass is 35.5. The number of ether oxygens (including phenoxy) is 1. The van der Waals surface area contributed by atoms with Crippen LogP contribution in [-0.4, -0.2) is 59.9 Å². The normalized spacial score (nSPS) is 16.3. The molecule has 1 saturated heterocycles. The highest BCUT2D eigenvalue weighted by Gasteiger charge is 2.35. The van der Waals surface area contributed by atoms with Crippen LogP contribution in [0.25, 0.3) is 0 Å². The van der Waals surface area contributed by atoms with Crippen molar-refractivity contribution in [3.63, 3.8) is 0 Å². The Balaban J connectivity index is 1.90. The largest absolute Gasteiger partial charge is 0.451 e. The number of nitrogens with one attached hydrogen (secondary N) is 1. The van der Waals surface area contributed by atoms with Crippen molar-refractivity contribution < 1.29 is 23.9 Å². The Bertz CT molecular complexity index is 786. The molecule has 0 spiro atoms. The molecule has 0 aliphatic carbocycles. The summed E-state index contributed by atoms with van der Waals surface area (Å²) in [7, 11) is 1.45. The monoisotopic (exact) mass is 415 g/mol. The van der Waals surface area contributed by atoms with E-state index in [1.54, 1.807) is 25.1 Å². The van der Waals surface area contributed by atoms with E-state index in [0.717, 1.165) is 4.90 Å². The van der Waals surface area contributed by atoms with E-state index in [-0.39, 0.29) is 6.54 Å². The van der Waals surface area contributed by atoms with Gasteiger partial charge in [0.2, 0.25) is 0 Å². The fourth-order valence-corrected chi connectivity index (χ4v) is 3.07. The van der Waals surface area contributed by atoms with Crippen molar-refractivity contribution in [2.45, 2.75) is 26.0 Å². The van der Waals surface area contributed by atoms with Gasteiger partial charge in [0, 0.05) is 17.1 Å². The van der Waals surface area contributed by atoms with Crippen molar-refractivity contribution in [2.24, 2.45) is 0 Å². The van der Waals surface area contributed by atoms with Gasteiger partial charge in [0.1, 0.15) is 13.1 Å². The zero-order chi connectivity index (χ0) is 20.3. The number of nitrogens with zero attached hydrogens (tertiary/aromatic N) is 2. The van der Waals surface area contributed by atoms with E-state index in [4.69, 9.17) is 27.9 Å². The van der Waals surface area contributed by atoms with Gasteiger partial charge in [-0.3, -0.25) is 19.3 Å². The quantitative estimate of drug-likeness (QED) is 0.565. The summed E-state index contributed by atoms with van der Waals surface area (Å²) in [6, 6.07) is 3.87. The minimum absolute atomic E-state index is 0.0957. The van der Waals surface area contributed by atoms with Crippen LogP contribution < -0.4 is 5.32 Å². The molecule has 1 N–H and O–H groups in total. The zero-order valence-electron chi connectivity index (χ0n) is 15.0. The first-order valence-electron chi connectivity index (χ1n) is 8.10. The lowest BCUT2D eigenvalue weighted by Crippen LogP contribution is -2.41. The summed E-state index contributed by atoms with van der Waals surface area (Å²) in [6.45, 7) is 2.47. The minimum Gasteiger partial charge on any atom is -0.451 e. The average Bonchev–Trinajstić information content (AvgIpc) is 2.80. The first-order valence-corrected chi connectivity index (χ1v) is 8.86. The van der Waals surface area contributed by atoms with Crippen LogP contribution in [0.15, 0.2) is 18.2 Å². The number of imide groups is 1. The molecule has 0 radical (unpaired) electrons. The van der Waals surface area contributed by atoms with Gasteiger partial charge in [0.05, 0.1) is 6.04 Å². The fourth-order valence-electron chi connectivity index (χ4n) is 2.50. The first-order chi connectivity index (χ1) is 12.6. The number of carbonyl (C=O) groups excluding carboxylic acids is 4. The summed E-state index contributed by atoms with van der Waals surface area (Å²) < 4.78 is 5.02. The number of amides is 4. The van der Waals surface area contributed by atoms with E-state index in [9.17, 15) is 19.2 Å². The van der Waals surface area contributed by atoms with E-state index in [0.29, 0.717) is 15.6 Å². The second-order valence-electron chi connectivity index (χ2n) is 6.15. The van der Waals surface area contributed by atoms with E-state index >= 15 is 0 Å². The molecule has 2 rings (SSSR count). The number of rotatable bonds is 6. The van der Waals surface area contributed by atoms with Gasteiger partial charge in [-0.2, -0.15) is 0 Å². The number of likely N-dealkylation sites (N-methyl/N-ethyl adjacent to an activating group) is 1. The van der Waals surface area contributed by atoms with Gasteiger partial charge in [-0.15, -0.1) is 0 Å². The summed E-state index contributed by atoms with van der Waals surface area (Å²) in [4.78, 5) is 49.6. The van der Waals surface area contributed by atoms with Crippen molar-refractivity contribution in [2.75, 3.05) is 20.1 Å². The lowest BCUT2D eigenvalue weighted by atomic mass is 10.1. The van der Waals surface area contributed by atoms with Gasteiger partial charge >= 0.3 is 12.0 Å². The number of urea groups is 1. The van der Waals surface area contributed by atoms with E-state index in [1.165, 1.54) is 18.9 Å². The summed E-state index contributed by atoms with van der Waals surface area (Å²) in [5.74, 6) is -1.90. The second-order valence-corrected chi connectivity index (χ2v) is 6.99. The first kappa shape index (κ1) is 21.0. The minimum atomic E-state index is -1.11. The Kier molecular flexibility index (Phi) is 6.67. The summed E-state index contributed by atoms with van der Waals surface area (Å²) in [6.07, 6.45) is -1.11. The molecular formula is C17H19Cl2N3O5. The molecular weight excluding hydrogens is 397 g/mol. The maximum atomic E-state index is 12.2. The van der Waals surface area contributed by atoms with Crippen LogP contribution in [0.1, 0.15) is 25.5 Å². The number of hydrogen-bond donors (Lipinski definition) is 1. The summed E-state index contributed by atoms with van der Waals surface area (Å²) >= 11 is 12.0. The number of esters is 1. The Morgan fingerprint density at radius 3 is 2.48 bits per heavy atom. The van der Waals surface area contributed by atoms with Crippen molar-refractivity contribution in [3.05, 3.63) is 33.8 Å². The van der Waals surface area contributed by atoms with Gasteiger partial charge < -0.3 is 15.0 Å². The molecule has 1 aliphatic rings. The standard InChI is InChI=1S/C17H19Cl2N3O5/c1-9(12-5-4-11(18)6-13(12)19)20-16(25)10(2)27-15(24)8-22-14(23)7-21(3)17(22)26/h4-6,9-10H,7-8H2,1-3H3,(H,20,25)/t9-,10-/m0/s1. The van der Waals surface area contributed by atoms with Crippen molar-refractivity contribution in [3.8, 4) is 0 Å². The molecule has 146 valence electrons. The third-order valence-corrected chi connectivity index (χ3v) is 4.55. The lowest BCUT2D eigenvalue weighted by molar-refractivity contribution is -0.156. The zero-order valence-corrected chi connectivity index (χ0v) is 16.5. The Labute approximate surface area is 166 Å². The molecule has 1 fully saturated rings. The van der Waals surface area contributed by atoms with Crippen molar-refractivity contribution >= 4 is 47.0 Å². The molecule has 0 bridgehead atoms. The highest BCUT2D eigenvalue weighted by molar-refractivity contribution is 6.35. The molecule has 10 heteroatoms. The van der Waals surface area contributed by atoms with Crippen LogP contribution in [-0.2, 0) is 19.1 Å². The Hall–Kier alpha value is -2.32. The molecule has 2 atom stereocenters. The van der Waals surface area contributed by atoms with Gasteiger partial charge in [-0.25, -0.2) is 4.79 Å². The lowest BCUT2D eigenvalue weighted by Gasteiger charge is -2.20. The van der Waals surface area contributed by atoms with E-state index < -0.39 is 42.5 Å². The van der Waals surface area contributed by atoms with Gasteiger partial charge in [0.15, 0.2) is 6.10 Å². The van der Waals surface area contributed by atoms with Crippen LogP contribution in [0.4, 0.5) is 4.79 Å². The molecule has 0 unspecified atom stereocenters. The molecule has 4 amide bonds. The molecule has 1 aliphatic heterocycles. The van der Waals surface area contributed by atoms with Gasteiger partial charge in [-0.05, 0) is 31.5 Å². The topological polar surface area (TPSA) is 96.0 Å². The van der Waals surface area contributed by atoms with Crippen LogP contribution >= 0.6 is 23.2 Å². The van der Waals surface area contributed by atoms with Crippen LogP contribution in [0, 0.1) is 0 Å². The number of carbonyl (C=O) groups is 4. The predicted octanol–water partition coefficient (Wildman–Crippen LogP) is 2.00. The summed E-state index contributed by atoms with van der Waals surface area (Å²) in [5, 5.41) is 3.55. The highest BCUT2D eigenvalue weighted by Crippen LogP contribution is 2.26. The third-order valence-electron chi connectivity index (χ3n) is 3.98.